The summed E-state index contributed by atoms with van der Waals surface area (Å²) in [5.74, 6) is 0.700. The Morgan fingerprint density at radius 1 is 1.31 bits per heavy atom. The topological polar surface area (TPSA) is 59.8 Å². The van der Waals surface area contributed by atoms with Crippen molar-refractivity contribution in [2.24, 2.45) is 11.3 Å². The Hall–Kier alpha value is -2.34. The first-order valence-corrected chi connectivity index (χ1v) is 9.96. The third kappa shape index (κ3) is 3.09. The molecule has 134 valence electrons. The van der Waals surface area contributed by atoms with Gasteiger partial charge in [0.05, 0.1) is 12.0 Å². The van der Waals surface area contributed by atoms with Crippen LogP contribution in [-0.2, 0) is 4.79 Å². The van der Waals surface area contributed by atoms with E-state index in [1.807, 2.05) is 29.1 Å². The second-order valence-electron chi connectivity index (χ2n) is 7.46. The van der Waals surface area contributed by atoms with E-state index in [1.54, 1.807) is 0 Å². The molecule has 2 aromatic rings. The van der Waals surface area contributed by atoms with Crippen molar-refractivity contribution in [1.82, 2.24) is 14.8 Å². The second-order valence-corrected chi connectivity index (χ2v) is 8.23. The molecule has 0 saturated carbocycles. The van der Waals surface area contributed by atoms with Crippen LogP contribution in [0.1, 0.15) is 31.9 Å². The lowest BCUT2D eigenvalue weighted by molar-refractivity contribution is -0.124. The molecule has 1 aromatic heterocycles. The monoisotopic (exact) mass is 366 g/mol. The van der Waals surface area contributed by atoms with Crippen LogP contribution in [0.15, 0.2) is 53.3 Å². The Balaban J connectivity index is 1.80. The average molecular weight is 366 g/mol. The van der Waals surface area contributed by atoms with E-state index in [0.717, 1.165) is 11.3 Å². The van der Waals surface area contributed by atoms with Crippen LogP contribution < -0.4 is 5.32 Å². The van der Waals surface area contributed by atoms with Crippen LogP contribution in [0.5, 0.6) is 0 Å². The van der Waals surface area contributed by atoms with Crippen LogP contribution in [0.25, 0.3) is 6.08 Å². The van der Waals surface area contributed by atoms with E-state index in [9.17, 15) is 4.79 Å². The second kappa shape index (κ2) is 6.43. The normalized spacial score (nSPS) is 24.0. The van der Waals surface area contributed by atoms with Gasteiger partial charge in [-0.3, -0.25) is 4.79 Å². The number of allylic oxidation sites excluding steroid dienone is 3. The molecule has 1 aliphatic carbocycles. The highest BCUT2D eigenvalue weighted by Crippen LogP contribution is 2.43. The molecule has 5 nitrogen and oxygen atoms in total. The number of Topliss-reactive ketones (excluding diaryl/α,β-unsaturated/α-hetero) is 1. The molecule has 1 aromatic carbocycles. The smallest absolute Gasteiger partial charge is 0.227 e. The van der Waals surface area contributed by atoms with Gasteiger partial charge in [0.1, 0.15) is 5.78 Å². The van der Waals surface area contributed by atoms with Crippen LogP contribution in [0.2, 0.25) is 0 Å². The zero-order valence-electron chi connectivity index (χ0n) is 15.1. The molecule has 26 heavy (non-hydrogen) atoms. The minimum Gasteiger partial charge on any atom is -0.328 e. The number of anilines is 1. The summed E-state index contributed by atoms with van der Waals surface area (Å²) in [6.07, 6.45) is 8.81. The standard InChI is InChI=1S/C20H22N4OS/c1-20(2)11-14-17(16(25)12-20)15(10-9-13-7-5-4-6-8-13)24-18(21-14)22-19(23-24)26-3/h4-11,15,17H,12H2,1-3H3,(H,21,22,23)/b10-9+/t15-,17+/m1/s1. The lowest BCUT2D eigenvalue weighted by atomic mass is 9.73. The third-order valence-corrected chi connectivity index (χ3v) is 5.36. The quantitative estimate of drug-likeness (QED) is 0.826. The molecule has 2 atom stereocenters. The van der Waals surface area contributed by atoms with Gasteiger partial charge in [0.25, 0.3) is 0 Å². The van der Waals surface area contributed by atoms with Gasteiger partial charge in [0.2, 0.25) is 11.1 Å². The first kappa shape index (κ1) is 17.1. The number of rotatable bonds is 3. The fourth-order valence-corrected chi connectivity index (χ4v) is 4.05. The summed E-state index contributed by atoms with van der Waals surface area (Å²) in [5, 5.41) is 8.66. The fraction of sp³-hybridized carbons (Fsp3) is 0.350. The van der Waals surface area contributed by atoms with Gasteiger partial charge < -0.3 is 5.32 Å². The molecule has 1 N–H and O–H groups in total. The Morgan fingerprint density at radius 2 is 2.08 bits per heavy atom. The third-order valence-electron chi connectivity index (χ3n) is 4.82. The number of carbonyl (C=O) groups excluding carboxylic acids is 1. The number of aromatic nitrogens is 3. The predicted molar refractivity (Wildman–Crippen MR) is 105 cm³/mol. The van der Waals surface area contributed by atoms with Gasteiger partial charge in [-0.15, -0.1) is 5.10 Å². The van der Waals surface area contributed by atoms with Crippen molar-refractivity contribution in [3.63, 3.8) is 0 Å². The van der Waals surface area contributed by atoms with Gasteiger partial charge >= 0.3 is 0 Å². The lowest BCUT2D eigenvalue weighted by Crippen LogP contribution is -2.40. The molecule has 4 rings (SSSR count). The van der Waals surface area contributed by atoms with Gasteiger partial charge in [0, 0.05) is 12.1 Å². The van der Waals surface area contributed by atoms with Crippen molar-refractivity contribution in [3.8, 4) is 0 Å². The number of hydrogen-bond donors (Lipinski definition) is 1. The molecular formula is C20H22N4OS. The van der Waals surface area contributed by atoms with Gasteiger partial charge in [-0.05, 0) is 17.2 Å². The summed E-state index contributed by atoms with van der Waals surface area (Å²) >= 11 is 1.50. The molecule has 1 aliphatic heterocycles. The van der Waals surface area contributed by atoms with Crippen LogP contribution >= 0.6 is 11.8 Å². The number of nitrogens with one attached hydrogen (secondary N) is 1. The molecule has 0 saturated heterocycles. The number of ketones is 1. The molecule has 6 heteroatoms. The van der Waals surface area contributed by atoms with Gasteiger partial charge in [0.15, 0.2) is 0 Å². The largest absolute Gasteiger partial charge is 0.328 e. The summed E-state index contributed by atoms with van der Waals surface area (Å²) in [6, 6.07) is 9.94. The van der Waals surface area contributed by atoms with Crippen LogP contribution in [0.3, 0.4) is 0 Å². The highest BCUT2D eigenvalue weighted by atomic mass is 32.2. The van der Waals surface area contributed by atoms with E-state index in [-0.39, 0.29) is 23.2 Å². The summed E-state index contributed by atoms with van der Waals surface area (Å²) < 4.78 is 1.85. The highest BCUT2D eigenvalue weighted by Gasteiger charge is 2.43. The van der Waals surface area contributed by atoms with Crippen molar-refractivity contribution in [3.05, 3.63) is 53.7 Å². The maximum absolute atomic E-state index is 13.0. The number of carbonyl (C=O) groups is 1. The Morgan fingerprint density at radius 3 is 2.81 bits per heavy atom. The number of thioether (sulfide) groups is 1. The zero-order valence-corrected chi connectivity index (χ0v) is 16.0. The maximum Gasteiger partial charge on any atom is 0.227 e. The summed E-state index contributed by atoms with van der Waals surface area (Å²) in [6.45, 7) is 4.19. The summed E-state index contributed by atoms with van der Waals surface area (Å²) in [7, 11) is 0. The Bertz CT molecular complexity index is 898. The molecule has 0 amide bonds. The number of nitrogens with zero attached hydrogens (tertiary/aromatic N) is 3. The summed E-state index contributed by atoms with van der Waals surface area (Å²) in [4.78, 5) is 17.5. The van der Waals surface area contributed by atoms with E-state index in [2.05, 4.69) is 59.6 Å². The van der Waals surface area contributed by atoms with Crippen LogP contribution in [0, 0.1) is 11.3 Å². The van der Waals surface area contributed by atoms with Crippen LogP contribution in [0.4, 0.5) is 5.95 Å². The van der Waals surface area contributed by atoms with Crippen molar-refractivity contribution in [1.29, 1.82) is 0 Å². The number of fused-ring (bicyclic) bond motifs is 2. The van der Waals surface area contributed by atoms with Crippen molar-refractivity contribution >= 4 is 29.6 Å². The molecule has 2 aliphatic rings. The number of benzene rings is 1. The average Bonchev–Trinajstić information content (AvgIpc) is 3.01. The van der Waals surface area contributed by atoms with Crippen LogP contribution in [-0.4, -0.2) is 26.8 Å². The zero-order chi connectivity index (χ0) is 18.3. The Kier molecular flexibility index (Phi) is 4.23. The molecule has 0 unspecified atom stereocenters. The lowest BCUT2D eigenvalue weighted by Gasteiger charge is -2.38. The first-order chi connectivity index (χ1) is 12.5. The first-order valence-electron chi connectivity index (χ1n) is 8.73. The van der Waals surface area contributed by atoms with Gasteiger partial charge in [-0.25, -0.2) is 4.68 Å². The van der Waals surface area contributed by atoms with Gasteiger partial charge in [-0.1, -0.05) is 74.2 Å². The Labute approximate surface area is 157 Å². The highest BCUT2D eigenvalue weighted by molar-refractivity contribution is 7.98. The van der Waals surface area contributed by atoms with Crippen molar-refractivity contribution in [2.75, 3.05) is 11.6 Å². The molecule has 0 bridgehead atoms. The van der Waals surface area contributed by atoms with E-state index in [4.69, 9.17) is 0 Å². The van der Waals surface area contributed by atoms with E-state index >= 15 is 0 Å². The molecule has 0 radical (unpaired) electrons. The van der Waals surface area contributed by atoms with Crippen molar-refractivity contribution < 1.29 is 4.79 Å². The predicted octanol–water partition coefficient (Wildman–Crippen LogP) is 4.18. The maximum atomic E-state index is 13.0. The molecule has 0 spiro atoms. The SMILES string of the molecule is CSc1nc2n(n1)[C@H](/C=C/c1ccccc1)[C@H]1C(=O)CC(C)(C)C=C1N2. The molecular weight excluding hydrogens is 344 g/mol. The van der Waals surface area contributed by atoms with E-state index in [0.29, 0.717) is 17.5 Å². The van der Waals surface area contributed by atoms with Gasteiger partial charge in [-0.2, -0.15) is 4.98 Å². The minimum atomic E-state index is -0.244. The van der Waals surface area contributed by atoms with E-state index < -0.39 is 0 Å². The fourth-order valence-electron chi connectivity index (χ4n) is 3.70. The minimum absolute atomic E-state index is 0.145. The molecule has 2 heterocycles. The van der Waals surface area contributed by atoms with E-state index in [1.165, 1.54) is 11.8 Å². The molecule has 0 fully saturated rings. The van der Waals surface area contributed by atoms with Crippen molar-refractivity contribution in [2.45, 2.75) is 31.5 Å². The number of hydrogen-bond acceptors (Lipinski definition) is 5. The summed E-state index contributed by atoms with van der Waals surface area (Å²) in [5.41, 5.74) is 1.90.